The predicted molar refractivity (Wildman–Crippen MR) is 78.4 cm³/mol. The van der Waals surface area contributed by atoms with Gasteiger partial charge in [0, 0.05) is 17.3 Å². The van der Waals surface area contributed by atoms with Crippen LogP contribution in [0, 0.1) is 0 Å². The van der Waals surface area contributed by atoms with Crippen molar-refractivity contribution in [1.82, 2.24) is 4.98 Å². The Labute approximate surface area is 127 Å². The molecule has 0 bridgehead atoms. The minimum atomic E-state index is -0.686. The zero-order valence-corrected chi connectivity index (χ0v) is 12.2. The molecule has 1 aromatic heterocycles. The number of carbonyl (C=O) groups is 3. The van der Waals surface area contributed by atoms with Gasteiger partial charge in [-0.15, -0.1) is 0 Å². The first-order valence-corrected chi connectivity index (χ1v) is 6.55. The molecule has 0 spiro atoms. The summed E-state index contributed by atoms with van der Waals surface area (Å²) in [5.74, 6) is -0.537. The zero-order chi connectivity index (χ0) is 16.1. The Bertz CT molecular complexity index is 700. The second-order valence-corrected chi connectivity index (χ2v) is 4.59. The lowest BCUT2D eigenvalue weighted by molar-refractivity contribution is 0.0469. The van der Waals surface area contributed by atoms with E-state index in [2.05, 4.69) is 4.98 Å². The fraction of sp³-hybridized carbons (Fsp3) is 0.188. The van der Waals surface area contributed by atoms with E-state index < -0.39 is 5.97 Å². The molecule has 6 nitrogen and oxygen atoms in total. The molecule has 0 fully saturated rings. The maximum absolute atomic E-state index is 11.9. The Balaban J connectivity index is 1.94. The smallest absolute Gasteiger partial charge is 0.355 e. The van der Waals surface area contributed by atoms with Crippen LogP contribution in [-0.4, -0.2) is 36.2 Å². The van der Waals surface area contributed by atoms with Crippen molar-refractivity contribution in [3.05, 3.63) is 53.3 Å². The number of esters is 1. The van der Waals surface area contributed by atoms with Crippen molar-refractivity contribution in [2.45, 2.75) is 6.92 Å². The number of Topliss-reactive ketones (excluding diaryl/α,β-unsaturated/α-hetero) is 2. The molecule has 0 amide bonds. The first-order valence-electron chi connectivity index (χ1n) is 6.55. The van der Waals surface area contributed by atoms with Gasteiger partial charge in [0.25, 0.3) is 0 Å². The average molecular weight is 301 g/mol. The number of hydrogen-bond acceptors (Lipinski definition) is 5. The van der Waals surface area contributed by atoms with E-state index in [0.717, 1.165) is 0 Å². The lowest BCUT2D eigenvalue weighted by Gasteiger charge is -2.04. The molecule has 22 heavy (non-hydrogen) atoms. The molecule has 1 heterocycles. The average Bonchev–Trinajstić information content (AvgIpc) is 3.02. The number of carbonyl (C=O) groups excluding carboxylic acids is 3. The van der Waals surface area contributed by atoms with E-state index >= 15 is 0 Å². The molecule has 0 aliphatic heterocycles. The molecule has 2 rings (SSSR count). The van der Waals surface area contributed by atoms with Gasteiger partial charge in [-0.2, -0.15) is 0 Å². The van der Waals surface area contributed by atoms with E-state index in [4.69, 9.17) is 9.47 Å². The third kappa shape index (κ3) is 3.60. The third-order valence-corrected chi connectivity index (χ3v) is 3.06. The number of rotatable bonds is 6. The summed E-state index contributed by atoms with van der Waals surface area (Å²) in [6.07, 6.45) is 1.42. The van der Waals surface area contributed by atoms with Crippen molar-refractivity contribution < 1.29 is 23.9 Å². The SMILES string of the molecule is COc1ccc(C(=O)COC(=O)c2cc(C(C)=O)c[nH]2)cc1. The van der Waals surface area contributed by atoms with E-state index in [1.54, 1.807) is 24.3 Å². The molecule has 0 saturated carbocycles. The van der Waals surface area contributed by atoms with Crippen LogP contribution in [-0.2, 0) is 4.74 Å². The minimum absolute atomic E-state index is 0.132. The number of aromatic nitrogens is 1. The number of benzene rings is 1. The van der Waals surface area contributed by atoms with Gasteiger partial charge in [0.15, 0.2) is 18.2 Å². The number of ketones is 2. The summed E-state index contributed by atoms with van der Waals surface area (Å²) in [7, 11) is 1.53. The number of hydrogen-bond donors (Lipinski definition) is 1. The van der Waals surface area contributed by atoms with Gasteiger partial charge in [-0.1, -0.05) is 0 Å². The highest BCUT2D eigenvalue weighted by Gasteiger charge is 2.14. The van der Waals surface area contributed by atoms with Crippen LogP contribution >= 0.6 is 0 Å². The summed E-state index contributed by atoms with van der Waals surface area (Å²) >= 11 is 0. The molecule has 0 aliphatic rings. The first kappa shape index (κ1) is 15.5. The third-order valence-electron chi connectivity index (χ3n) is 3.06. The number of ether oxygens (including phenoxy) is 2. The Hall–Kier alpha value is -2.89. The van der Waals surface area contributed by atoms with E-state index in [1.807, 2.05) is 0 Å². The van der Waals surface area contributed by atoms with Crippen LogP contribution in [0.3, 0.4) is 0 Å². The van der Waals surface area contributed by atoms with Gasteiger partial charge in [-0.25, -0.2) is 4.79 Å². The van der Waals surface area contributed by atoms with Crippen molar-refractivity contribution in [2.75, 3.05) is 13.7 Å². The molecule has 1 aromatic carbocycles. The van der Waals surface area contributed by atoms with E-state index in [-0.39, 0.29) is 23.9 Å². The van der Waals surface area contributed by atoms with E-state index in [9.17, 15) is 14.4 Å². The van der Waals surface area contributed by atoms with Gasteiger partial charge in [0.05, 0.1) is 7.11 Å². The topological polar surface area (TPSA) is 85.5 Å². The Morgan fingerprint density at radius 2 is 1.77 bits per heavy atom. The molecule has 1 N–H and O–H groups in total. The van der Waals surface area contributed by atoms with E-state index in [1.165, 1.54) is 26.3 Å². The van der Waals surface area contributed by atoms with Gasteiger partial charge < -0.3 is 14.5 Å². The minimum Gasteiger partial charge on any atom is -0.497 e. The molecule has 0 unspecified atom stereocenters. The fourth-order valence-corrected chi connectivity index (χ4v) is 1.78. The summed E-state index contributed by atoms with van der Waals surface area (Å²) in [5, 5.41) is 0. The second-order valence-electron chi connectivity index (χ2n) is 4.59. The number of aromatic amines is 1. The van der Waals surface area contributed by atoms with E-state index in [0.29, 0.717) is 16.9 Å². The van der Waals surface area contributed by atoms with Gasteiger partial charge in [0.2, 0.25) is 0 Å². The van der Waals surface area contributed by atoms with Crippen molar-refractivity contribution in [1.29, 1.82) is 0 Å². The molecular weight excluding hydrogens is 286 g/mol. The molecule has 114 valence electrons. The van der Waals surface area contributed by atoms with Gasteiger partial charge in [-0.05, 0) is 37.3 Å². The molecular formula is C16H15NO5. The molecule has 0 atom stereocenters. The maximum atomic E-state index is 11.9. The summed E-state index contributed by atoms with van der Waals surface area (Å²) in [6.45, 7) is 1.02. The number of nitrogens with one attached hydrogen (secondary N) is 1. The first-order chi connectivity index (χ1) is 10.5. The van der Waals surface area contributed by atoms with Crippen molar-refractivity contribution >= 4 is 17.5 Å². The Kier molecular flexibility index (Phi) is 4.73. The number of H-pyrrole nitrogens is 1. The van der Waals surface area contributed by atoms with Crippen LogP contribution in [0.5, 0.6) is 5.75 Å². The summed E-state index contributed by atoms with van der Waals surface area (Å²) in [4.78, 5) is 37.5. The lowest BCUT2D eigenvalue weighted by Crippen LogP contribution is -2.14. The lowest BCUT2D eigenvalue weighted by atomic mass is 10.1. The second kappa shape index (κ2) is 6.71. The normalized spacial score (nSPS) is 10.1. The summed E-state index contributed by atoms with van der Waals surface area (Å²) in [6, 6.07) is 7.88. The zero-order valence-electron chi connectivity index (χ0n) is 12.2. The highest BCUT2D eigenvalue weighted by molar-refractivity contribution is 6.00. The Morgan fingerprint density at radius 1 is 1.09 bits per heavy atom. The Morgan fingerprint density at radius 3 is 2.32 bits per heavy atom. The predicted octanol–water partition coefficient (Wildman–Crippen LogP) is 2.27. The highest BCUT2D eigenvalue weighted by atomic mass is 16.5. The van der Waals surface area contributed by atoms with Crippen LogP contribution in [0.25, 0.3) is 0 Å². The summed E-state index contributed by atoms with van der Waals surface area (Å²) < 4.78 is 9.93. The van der Waals surface area contributed by atoms with Gasteiger partial charge >= 0.3 is 5.97 Å². The van der Waals surface area contributed by atoms with Gasteiger partial charge in [0.1, 0.15) is 11.4 Å². The quantitative estimate of drug-likeness (QED) is 0.653. The van der Waals surface area contributed by atoms with Crippen LogP contribution < -0.4 is 4.74 Å². The maximum Gasteiger partial charge on any atom is 0.355 e. The number of methoxy groups -OCH3 is 1. The molecule has 0 saturated heterocycles. The molecule has 6 heteroatoms. The fourth-order valence-electron chi connectivity index (χ4n) is 1.78. The molecule has 2 aromatic rings. The largest absolute Gasteiger partial charge is 0.497 e. The standard InChI is InChI=1S/C16H15NO5/c1-10(18)12-7-14(17-8-12)16(20)22-9-15(19)11-3-5-13(21-2)6-4-11/h3-8,17H,9H2,1-2H3. The van der Waals surface area contributed by atoms with Crippen LogP contribution in [0.15, 0.2) is 36.5 Å². The molecule has 0 aliphatic carbocycles. The van der Waals surface area contributed by atoms with Crippen molar-refractivity contribution in [3.63, 3.8) is 0 Å². The van der Waals surface area contributed by atoms with Gasteiger partial charge in [-0.3, -0.25) is 9.59 Å². The van der Waals surface area contributed by atoms with Crippen LogP contribution in [0.4, 0.5) is 0 Å². The summed E-state index contributed by atoms with van der Waals surface area (Å²) in [5.41, 5.74) is 0.936. The monoisotopic (exact) mass is 301 g/mol. The van der Waals surface area contributed by atoms with Crippen molar-refractivity contribution in [2.24, 2.45) is 0 Å². The highest BCUT2D eigenvalue weighted by Crippen LogP contribution is 2.12. The van der Waals surface area contributed by atoms with Crippen LogP contribution in [0.1, 0.15) is 38.1 Å². The molecule has 0 radical (unpaired) electrons. The van der Waals surface area contributed by atoms with Crippen LogP contribution in [0.2, 0.25) is 0 Å². The van der Waals surface area contributed by atoms with Crippen molar-refractivity contribution in [3.8, 4) is 5.75 Å².